The van der Waals surface area contributed by atoms with E-state index in [-0.39, 0.29) is 17.9 Å². The van der Waals surface area contributed by atoms with Gasteiger partial charge in [0.25, 0.3) is 0 Å². The van der Waals surface area contributed by atoms with Gasteiger partial charge in [-0.3, -0.25) is 9.59 Å². The highest BCUT2D eigenvalue weighted by Gasteiger charge is 2.30. The SMILES string of the molecule is CC[C@H](C)NC(=O)[C@H](Cc1ccccc1)N(Cc1ccc(C)cc1)C(=O)CSCc1ccc(OC)cc1. The van der Waals surface area contributed by atoms with Gasteiger partial charge in [0, 0.05) is 24.8 Å². The lowest BCUT2D eigenvalue weighted by atomic mass is 10.0. The molecule has 0 unspecified atom stereocenters. The molecule has 37 heavy (non-hydrogen) atoms. The first kappa shape index (κ1) is 28.3. The Kier molecular flexibility index (Phi) is 11.1. The first-order valence-electron chi connectivity index (χ1n) is 12.8. The largest absolute Gasteiger partial charge is 0.497 e. The Morgan fingerprint density at radius 2 is 1.57 bits per heavy atom. The van der Waals surface area contributed by atoms with E-state index in [1.54, 1.807) is 23.8 Å². The van der Waals surface area contributed by atoms with Gasteiger partial charge in [0.1, 0.15) is 11.8 Å². The summed E-state index contributed by atoms with van der Waals surface area (Å²) in [5, 5.41) is 3.12. The van der Waals surface area contributed by atoms with Crippen molar-refractivity contribution in [1.82, 2.24) is 10.2 Å². The molecule has 0 aliphatic carbocycles. The van der Waals surface area contributed by atoms with Crippen molar-refractivity contribution in [2.75, 3.05) is 12.9 Å². The normalized spacial score (nSPS) is 12.4. The van der Waals surface area contributed by atoms with Gasteiger partial charge in [-0.1, -0.05) is 79.2 Å². The first-order valence-corrected chi connectivity index (χ1v) is 13.9. The number of carbonyl (C=O) groups is 2. The molecule has 0 fully saturated rings. The summed E-state index contributed by atoms with van der Waals surface area (Å²) >= 11 is 1.56. The van der Waals surface area contributed by atoms with Gasteiger partial charge in [0.05, 0.1) is 12.9 Å². The standard InChI is InChI=1S/C31H38N2O3S/c1-5-24(3)32-31(35)29(19-25-9-7-6-8-10-25)33(20-26-13-11-23(2)12-14-26)30(34)22-37-21-27-15-17-28(36-4)18-16-27/h6-18,24,29H,5,19-22H2,1-4H3,(H,32,35)/t24-,29-/m0/s1. The number of rotatable bonds is 13. The van der Waals surface area contributed by atoms with Gasteiger partial charge in [0.2, 0.25) is 11.8 Å². The number of thioether (sulfide) groups is 1. The maximum Gasteiger partial charge on any atom is 0.243 e. The Hall–Kier alpha value is -3.25. The van der Waals surface area contributed by atoms with Crippen molar-refractivity contribution in [3.63, 3.8) is 0 Å². The van der Waals surface area contributed by atoms with Crippen molar-refractivity contribution in [3.05, 3.63) is 101 Å². The average Bonchev–Trinajstić information content (AvgIpc) is 2.92. The molecular formula is C31H38N2O3S. The minimum absolute atomic E-state index is 0.0338. The molecule has 0 radical (unpaired) electrons. The van der Waals surface area contributed by atoms with Crippen molar-refractivity contribution in [1.29, 1.82) is 0 Å². The molecule has 2 amide bonds. The molecule has 3 aromatic rings. The van der Waals surface area contributed by atoms with Gasteiger partial charge in [-0.2, -0.15) is 0 Å². The van der Waals surface area contributed by atoms with E-state index in [1.807, 2.05) is 99.6 Å². The molecule has 1 N–H and O–H groups in total. The number of benzene rings is 3. The van der Waals surface area contributed by atoms with Crippen molar-refractivity contribution < 1.29 is 14.3 Å². The zero-order valence-electron chi connectivity index (χ0n) is 22.3. The maximum atomic E-state index is 13.7. The van der Waals surface area contributed by atoms with Crippen molar-refractivity contribution in [2.24, 2.45) is 0 Å². The van der Waals surface area contributed by atoms with Gasteiger partial charge in [-0.15, -0.1) is 11.8 Å². The summed E-state index contributed by atoms with van der Waals surface area (Å²) in [5.74, 6) is 1.65. The summed E-state index contributed by atoms with van der Waals surface area (Å²) in [6, 6.07) is 25.4. The molecule has 0 aliphatic heterocycles. The van der Waals surface area contributed by atoms with Crippen molar-refractivity contribution in [3.8, 4) is 5.75 Å². The van der Waals surface area contributed by atoms with Crippen LogP contribution in [-0.2, 0) is 28.3 Å². The number of aryl methyl sites for hydroxylation is 1. The lowest BCUT2D eigenvalue weighted by molar-refractivity contribution is -0.139. The van der Waals surface area contributed by atoms with Gasteiger partial charge in [0.15, 0.2) is 0 Å². The van der Waals surface area contributed by atoms with Crippen molar-refractivity contribution >= 4 is 23.6 Å². The number of nitrogens with one attached hydrogen (secondary N) is 1. The number of ether oxygens (including phenoxy) is 1. The smallest absolute Gasteiger partial charge is 0.243 e. The number of methoxy groups -OCH3 is 1. The molecule has 0 heterocycles. The van der Waals surface area contributed by atoms with E-state index in [0.29, 0.717) is 24.5 Å². The monoisotopic (exact) mass is 518 g/mol. The van der Waals surface area contributed by atoms with Gasteiger partial charge in [-0.05, 0) is 49.1 Å². The quantitative estimate of drug-likeness (QED) is 0.311. The van der Waals surface area contributed by atoms with Crippen LogP contribution in [0.4, 0.5) is 0 Å². The zero-order chi connectivity index (χ0) is 26.6. The summed E-state index contributed by atoms with van der Waals surface area (Å²) in [5.41, 5.74) is 4.32. The van der Waals surface area contributed by atoms with E-state index in [4.69, 9.17) is 4.74 Å². The fourth-order valence-corrected chi connectivity index (χ4v) is 4.82. The lowest BCUT2D eigenvalue weighted by Gasteiger charge is -2.32. The van der Waals surface area contributed by atoms with E-state index < -0.39 is 6.04 Å². The third-order valence-electron chi connectivity index (χ3n) is 6.40. The topological polar surface area (TPSA) is 58.6 Å². The Balaban J connectivity index is 1.82. The number of hydrogen-bond acceptors (Lipinski definition) is 4. The van der Waals surface area contributed by atoms with E-state index in [0.717, 1.165) is 34.4 Å². The zero-order valence-corrected chi connectivity index (χ0v) is 23.1. The number of hydrogen-bond donors (Lipinski definition) is 1. The first-order chi connectivity index (χ1) is 17.9. The second-order valence-electron chi connectivity index (χ2n) is 9.37. The molecule has 3 rings (SSSR count). The average molecular weight is 519 g/mol. The van der Waals surface area contributed by atoms with Crippen LogP contribution in [0.15, 0.2) is 78.9 Å². The molecule has 3 aromatic carbocycles. The highest BCUT2D eigenvalue weighted by molar-refractivity contribution is 7.99. The minimum atomic E-state index is -0.605. The van der Waals surface area contributed by atoms with Crippen LogP contribution >= 0.6 is 11.8 Å². The second-order valence-corrected chi connectivity index (χ2v) is 10.4. The Morgan fingerprint density at radius 3 is 2.19 bits per heavy atom. The minimum Gasteiger partial charge on any atom is -0.497 e. The van der Waals surface area contributed by atoms with Crippen molar-refractivity contribution in [2.45, 2.75) is 58.0 Å². The van der Waals surface area contributed by atoms with Crippen LogP contribution in [0.1, 0.15) is 42.5 Å². The number of amides is 2. The van der Waals surface area contributed by atoms with Gasteiger partial charge >= 0.3 is 0 Å². The van der Waals surface area contributed by atoms with Gasteiger partial charge in [-0.25, -0.2) is 0 Å². The molecule has 0 aliphatic rings. The predicted octanol–water partition coefficient (Wildman–Crippen LogP) is 5.79. The fraction of sp³-hybridized carbons (Fsp3) is 0.355. The third-order valence-corrected chi connectivity index (χ3v) is 7.39. The molecule has 2 atom stereocenters. The highest BCUT2D eigenvalue weighted by Crippen LogP contribution is 2.20. The fourth-order valence-electron chi connectivity index (χ4n) is 3.95. The van der Waals surface area contributed by atoms with Gasteiger partial charge < -0.3 is 15.0 Å². The number of carbonyl (C=O) groups excluding carboxylic acids is 2. The van der Waals surface area contributed by atoms with E-state index in [2.05, 4.69) is 5.32 Å². The molecule has 196 valence electrons. The summed E-state index contributed by atoms with van der Waals surface area (Å²) in [7, 11) is 1.65. The summed E-state index contributed by atoms with van der Waals surface area (Å²) in [6.45, 7) is 6.46. The van der Waals surface area contributed by atoms with Crippen LogP contribution in [0.5, 0.6) is 5.75 Å². The molecule has 6 heteroatoms. The predicted molar refractivity (Wildman–Crippen MR) is 153 cm³/mol. The number of nitrogens with zero attached hydrogens (tertiary/aromatic N) is 1. The molecule has 0 spiro atoms. The molecule has 5 nitrogen and oxygen atoms in total. The van der Waals surface area contributed by atoms with Crippen LogP contribution in [-0.4, -0.2) is 41.7 Å². The molecule has 0 saturated carbocycles. The lowest BCUT2D eigenvalue weighted by Crippen LogP contribution is -2.52. The van der Waals surface area contributed by atoms with Crippen LogP contribution in [0.2, 0.25) is 0 Å². The summed E-state index contributed by atoms with van der Waals surface area (Å²) in [6.07, 6.45) is 1.29. The summed E-state index contributed by atoms with van der Waals surface area (Å²) < 4.78 is 5.23. The molecule has 0 saturated heterocycles. The Morgan fingerprint density at radius 1 is 0.919 bits per heavy atom. The Labute approximate surface area is 225 Å². The third kappa shape index (κ3) is 8.97. The summed E-state index contributed by atoms with van der Waals surface area (Å²) in [4.78, 5) is 29.0. The Bertz CT molecular complexity index is 1120. The van der Waals surface area contributed by atoms with Crippen LogP contribution in [0, 0.1) is 6.92 Å². The molecular weight excluding hydrogens is 480 g/mol. The molecule has 0 bridgehead atoms. The molecule has 0 aromatic heterocycles. The highest BCUT2D eigenvalue weighted by atomic mass is 32.2. The van der Waals surface area contributed by atoms with Crippen LogP contribution in [0.3, 0.4) is 0 Å². The van der Waals surface area contributed by atoms with E-state index in [9.17, 15) is 9.59 Å². The van der Waals surface area contributed by atoms with E-state index in [1.165, 1.54) is 0 Å². The van der Waals surface area contributed by atoms with E-state index >= 15 is 0 Å². The maximum absolute atomic E-state index is 13.7. The second kappa shape index (κ2) is 14.5. The van der Waals surface area contributed by atoms with Crippen LogP contribution < -0.4 is 10.1 Å². The van der Waals surface area contributed by atoms with Crippen LogP contribution in [0.25, 0.3) is 0 Å².